The standard InChI is InChI=1S/C24H41N5O8/c1-2-20(30)19-4-3-5-29(14-19)21(31)15-25-6-8-26(16-22(32)33)10-12-28(18-24(36)37)13-11-27(9-7-25)17-23(34)35/h19H,2-18H2,1H3,(H,32,33)(H,34,35)(H,36,37)/t19-/m1/s1. The molecule has 2 heterocycles. The average Bonchev–Trinajstić information content (AvgIpc) is 2.84. The van der Waals surface area contributed by atoms with Crippen LogP contribution in [0.2, 0.25) is 0 Å². The first-order valence-corrected chi connectivity index (χ1v) is 12.9. The zero-order chi connectivity index (χ0) is 27.4. The molecular formula is C24H41N5O8. The van der Waals surface area contributed by atoms with Gasteiger partial charge >= 0.3 is 17.9 Å². The Morgan fingerprint density at radius 1 is 0.622 bits per heavy atom. The molecule has 1 amide bonds. The van der Waals surface area contributed by atoms with Gasteiger partial charge in [-0.25, -0.2) is 0 Å². The molecule has 1 atom stereocenters. The molecule has 0 unspecified atom stereocenters. The largest absolute Gasteiger partial charge is 0.480 e. The van der Waals surface area contributed by atoms with E-state index < -0.39 is 17.9 Å². The normalized spacial score (nSPS) is 22.1. The molecular weight excluding hydrogens is 486 g/mol. The number of likely N-dealkylation sites (tertiary alicyclic amines) is 1. The minimum atomic E-state index is -1.01. The topological polar surface area (TPSA) is 162 Å². The van der Waals surface area contributed by atoms with Crippen LogP contribution < -0.4 is 0 Å². The molecule has 0 aliphatic carbocycles. The smallest absolute Gasteiger partial charge is 0.317 e. The van der Waals surface area contributed by atoms with Gasteiger partial charge in [-0.05, 0) is 12.8 Å². The third-order valence-electron chi connectivity index (χ3n) is 6.94. The zero-order valence-electron chi connectivity index (χ0n) is 21.7. The Hall–Kier alpha value is -2.61. The lowest BCUT2D eigenvalue weighted by molar-refractivity contribution is -0.141. The molecule has 13 heteroatoms. The van der Waals surface area contributed by atoms with E-state index in [9.17, 15) is 39.3 Å². The van der Waals surface area contributed by atoms with Gasteiger partial charge < -0.3 is 20.2 Å². The summed E-state index contributed by atoms with van der Waals surface area (Å²) in [7, 11) is 0. The van der Waals surface area contributed by atoms with E-state index in [2.05, 4.69) is 0 Å². The molecule has 13 nitrogen and oxygen atoms in total. The van der Waals surface area contributed by atoms with Crippen molar-refractivity contribution in [3.05, 3.63) is 0 Å². The molecule has 0 spiro atoms. The molecule has 0 aromatic rings. The van der Waals surface area contributed by atoms with Crippen LogP contribution in [0, 0.1) is 5.92 Å². The van der Waals surface area contributed by atoms with Crippen molar-refractivity contribution in [2.45, 2.75) is 26.2 Å². The summed E-state index contributed by atoms with van der Waals surface area (Å²) < 4.78 is 0. The minimum absolute atomic E-state index is 0.0945. The third-order valence-corrected chi connectivity index (χ3v) is 6.94. The fraction of sp³-hybridized carbons (Fsp3) is 0.792. The summed E-state index contributed by atoms with van der Waals surface area (Å²) in [6.07, 6.45) is 2.00. The van der Waals surface area contributed by atoms with E-state index in [0.717, 1.165) is 12.8 Å². The monoisotopic (exact) mass is 527 g/mol. The van der Waals surface area contributed by atoms with Crippen molar-refractivity contribution >= 4 is 29.6 Å². The lowest BCUT2D eigenvalue weighted by atomic mass is 9.92. The van der Waals surface area contributed by atoms with Gasteiger partial charge in [-0.1, -0.05) is 6.92 Å². The van der Waals surface area contributed by atoms with E-state index in [0.29, 0.717) is 71.9 Å². The highest BCUT2D eigenvalue weighted by atomic mass is 16.4. The Morgan fingerprint density at radius 2 is 1.00 bits per heavy atom. The van der Waals surface area contributed by atoms with E-state index >= 15 is 0 Å². The van der Waals surface area contributed by atoms with E-state index in [1.165, 1.54) is 0 Å². The summed E-state index contributed by atoms with van der Waals surface area (Å²) in [6.45, 7) is 5.08. The van der Waals surface area contributed by atoms with Gasteiger partial charge in [0.15, 0.2) is 0 Å². The quantitative estimate of drug-likeness (QED) is 0.308. The van der Waals surface area contributed by atoms with Gasteiger partial charge in [0.05, 0.1) is 26.2 Å². The lowest BCUT2D eigenvalue weighted by Crippen LogP contribution is -2.51. The van der Waals surface area contributed by atoms with E-state index in [-0.39, 0.29) is 43.8 Å². The molecule has 210 valence electrons. The van der Waals surface area contributed by atoms with Crippen LogP contribution in [-0.4, -0.2) is 161 Å². The fourth-order valence-corrected chi connectivity index (χ4v) is 4.83. The number of hydrogen-bond acceptors (Lipinski definition) is 9. The van der Waals surface area contributed by atoms with Crippen LogP contribution >= 0.6 is 0 Å². The minimum Gasteiger partial charge on any atom is -0.480 e. The molecule has 3 N–H and O–H groups in total. The SMILES string of the molecule is CCC(=O)[C@@H]1CCCN(C(=O)CN2CCN(CC(=O)O)CCN(CC(=O)O)CCN(CC(=O)O)CC2)C1. The number of piperidine rings is 1. The number of carbonyl (C=O) groups is 5. The molecule has 2 aliphatic heterocycles. The summed E-state index contributed by atoms with van der Waals surface area (Å²) >= 11 is 0. The Bertz CT molecular complexity index is 778. The van der Waals surface area contributed by atoms with Gasteiger partial charge in [0.2, 0.25) is 5.91 Å². The van der Waals surface area contributed by atoms with Gasteiger partial charge in [-0.15, -0.1) is 0 Å². The fourth-order valence-electron chi connectivity index (χ4n) is 4.83. The molecule has 0 saturated carbocycles. The first kappa shape index (κ1) is 30.6. The van der Waals surface area contributed by atoms with E-state index in [1.807, 2.05) is 11.8 Å². The average molecular weight is 528 g/mol. The zero-order valence-corrected chi connectivity index (χ0v) is 21.7. The predicted octanol–water partition coefficient (Wildman–Crippen LogP) is -1.32. The van der Waals surface area contributed by atoms with Gasteiger partial charge in [0.1, 0.15) is 5.78 Å². The van der Waals surface area contributed by atoms with Crippen LogP contribution in [0.25, 0.3) is 0 Å². The Morgan fingerprint density at radius 3 is 1.35 bits per heavy atom. The molecule has 0 aromatic heterocycles. The summed E-state index contributed by atoms with van der Waals surface area (Å²) in [5.74, 6) is -3.07. The number of ketones is 1. The number of carboxylic acids is 3. The second-order valence-electron chi connectivity index (χ2n) is 9.78. The second-order valence-corrected chi connectivity index (χ2v) is 9.78. The van der Waals surface area contributed by atoms with Crippen LogP contribution in [0.4, 0.5) is 0 Å². The first-order valence-electron chi connectivity index (χ1n) is 12.9. The van der Waals surface area contributed by atoms with E-state index in [4.69, 9.17) is 0 Å². The van der Waals surface area contributed by atoms with Gasteiger partial charge in [-0.3, -0.25) is 43.6 Å². The predicted molar refractivity (Wildman–Crippen MR) is 133 cm³/mol. The second kappa shape index (κ2) is 15.6. The molecule has 2 fully saturated rings. The molecule has 0 aromatic carbocycles. The Balaban J connectivity index is 2.12. The van der Waals surface area contributed by atoms with Crippen LogP contribution in [0.3, 0.4) is 0 Å². The first-order chi connectivity index (χ1) is 17.6. The number of aliphatic carboxylic acids is 3. The number of Topliss-reactive ketones (excluding diaryl/α,β-unsaturated/α-hetero) is 1. The maximum atomic E-state index is 13.2. The summed E-state index contributed by atoms with van der Waals surface area (Å²) in [5.41, 5.74) is 0. The maximum absolute atomic E-state index is 13.2. The highest BCUT2D eigenvalue weighted by Gasteiger charge is 2.28. The third kappa shape index (κ3) is 11.5. The summed E-state index contributed by atoms with van der Waals surface area (Å²) in [6, 6.07) is 0. The number of carbonyl (C=O) groups excluding carboxylic acids is 2. The van der Waals surface area contributed by atoms with Crippen molar-refractivity contribution in [1.82, 2.24) is 24.5 Å². The van der Waals surface area contributed by atoms with Gasteiger partial charge in [0.25, 0.3) is 0 Å². The number of hydrogen-bond donors (Lipinski definition) is 3. The van der Waals surface area contributed by atoms with Crippen molar-refractivity contribution in [2.24, 2.45) is 5.92 Å². The van der Waals surface area contributed by atoms with Gasteiger partial charge in [0, 0.05) is 77.8 Å². The number of nitrogens with zero attached hydrogens (tertiary/aromatic N) is 5. The number of carboxylic acid groups (broad SMARTS) is 3. The van der Waals surface area contributed by atoms with E-state index in [1.54, 1.807) is 19.6 Å². The highest BCUT2D eigenvalue weighted by Crippen LogP contribution is 2.19. The Labute approximate surface area is 217 Å². The molecule has 2 rings (SSSR count). The molecule has 0 bridgehead atoms. The lowest BCUT2D eigenvalue weighted by Gasteiger charge is -2.35. The van der Waals surface area contributed by atoms with Crippen molar-refractivity contribution < 1.29 is 39.3 Å². The van der Waals surface area contributed by atoms with Crippen molar-refractivity contribution in [1.29, 1.82) is 0 Å². The van der Waals surface area contributed by atoms with Crippen molar-refractivity contribution in [3.8, 4) is 0 Å². The maximum Gasteiger partial charge on any atom is 0.317 e. The summed E-state index contributed by atoms with van der Waals surface area (Å²) in [4.78, 5) is 68.2. The van der Waals surface area contributed by atoms with Crippen LogP contribution in [0.5, 0.6) is 0 Å². The molecule has 37 heavy (non-hydrogen) atoms. The van der Waals surface area contributed by atoms with Gasteiger partial charge in [-0.2, -0.15) is 0 Å². The number of amides is 1. The van der Waals surface area contributed by atoms with Crippen LogP contribution in [0.1, 0.15) is 26.2 Å². The molecule has 0 radical (unpaired) electrons. The Kier molecular flexibility index (Phi) is 12.9. The molecule has 2 aliphatic rings. The van der Waals surface area contributed by atoms with Crippen LogP contribution in [-0.2, 0) is 24.0 Å². The molecule has 2 saturated heterocycles. The van der Waals surface area contributed by atoms with Crippen molar-refractivity contribution in [3.63, 3.8) is 0 Å². The van der Waals surface area contributed by atoms with Crippen molar-refractivity contribution in [2.75, 3.05) is 91.6 Å². The summed E-state index contributed by atoms with van der Waals surface area (Å²) in [5, 5.41) is 27.9. The highest BCUT2D eigenvalue weighted by molar-refractivity contribution is 5.83. The number of rotatable bonds is 10. The van der Waals surface area contributed by atoms with Crippen LogP contribution in [0.15, 0.2) is 0 Å².